The van der Waals surface area contributed by atoms with Crippen LogP contribution in [-0.2, 0) is 9.59 Å². The third-order valence-electron chi connectivity index (χ3n) is 3.59. The molecule has 0 aliphatic carbocycles. The Morgan fingerprint density at radius 3 is 1.81 bits per heavy atom. The first-order valence-corrected chi connectivity index (χ1v) is 8.44. The molecule has 124 valence electrons. The minimum Gasteiger partial charge on any atom is -0.480 e. The van der Waals surface area contributed by atoms with E-state index >= 15 is 0 Å². The Morgan fingerprint density at radius 1 is 0.857 bits per heavy atom. The zero-order valence-corrected chi connectivity index (χ0v) is 13.4. The van der Waals surface area contributed by atoms with Crippen molar-refractivity contribution in [2.45, 2.75) is 90.4 Å². The highest BCUT2D eigenvalue weighted by Crippen LogP contribution is 2.12. The number of amides is 1. The molecule has 4 nitrogen and oxygen atoms in total. The third-order valence-corrected chi connectivity index (χ3v) is 3.59. The van der Waals surface area contributed by atoms with E-state index in [1.807, 2.05) is 0 Å². The predicted molar refractivity (Wildman–Crippen MR) is 86.3 cm³/mol. The van der Waals surface area contributed by atoms with Crippen LogP contribution in [0.5, 0.6) is 0 Å². The Balaban J connectivity index is 3.11. The molecular weight excluding hydrogens is 266 g/mol. The maximum absolute atomic E-state index is 11.3. The lowest BCUT2D eigenvalue weighted by Crippen LogP contribution is -2.28. The summed E-state index contributed by atoms with van der Waals surface area (Å²) in [6, 6.07) is 0. The van der Waals surface area contributed by atoms with Crippen molar-refractivity contribution in [2.75, 3.05) is 6.54 Å². The van der Waals surface area contributed by atoms with Crippen LogP contribution in [0.15, 0.2) is 0 Å². The van der Waals surface area contributed by atoms with Gasteiger partial charge in [0.1, 0.15) is 6.54 Å². The molecule has 0 aromatic rings. The fraction of sp³-hybridized carbons (Fsp3) is 0.882. The van der Waals surface area contributed by atoms with E-state index in [4.69, 9.17) is 6.48 Å². The van der Waals surface area contributed by atoms with Crippen LogP contribution in [0.4, 0.5) is 0 Å². The van der Waals surface area contributed by atoms with Crippen molar-refractivity contribution >= 4 is 11.9 Å². The second-order valence-corrected chi connectivity index (χ2v) is 5.66. The summed E-state index contributed by atoms with van der Waals surface area (Å²) in [6.45, 7) is 0.295. The lowest BCUT2D eigenvalue weighted by atomic mass is 10.0. The van der Waals surface area contributed by atoms with Gasteiger partial charge in [-0.25, -0.2) is 0 Å². The molecule has 0 saturated heterocycles. The number of carbonyl (C=O) groups excluding carboxylic acids is 1. The van der Waals surface area contributed by atoms with Crippen LogP contribution in [0, 0.1) is 0 Å². The van der Waals surface area contributed by atoms with Crippen molar-refractivity contribution < 1.29 is 16.1 Å². The van der Waals surface area contributed by atoms with Crippen molar-refractivity contribution in [3.63, 3.8) is 0 Å². The standard InChI is InChI=1S/C17H33NO3/c1-2-3-4-5-6-7-8-9-10-11-12-13-14-16(19)18-15-17(20)21/h2-15H2,1H3,(H,18,19)(H,20,21)/i1D. The van der Waals surface area contributed by atoms with Gasteiger partial charge in [0.25, 0.3) is 0 Å². The molecule has 0 bridgehead atoms. The number of carbonyl (C=O) groups is 2. The largest absolute Gasteiger partial charge is 0.480 e. The average molecular weight is 300 g/mol. The lowest BCUT2D eigenvalue weighted by molar-refractivity contribution is -0.137. The van der Waals surface area contributed by atoms with E-state index in [0.717, 1.165) is 25.7 Å². The molecule has 4 heteroatoms. The molecule has 0 atom stereocenters. The van der Waals surface area contributed by atoms with Crippen LogP contribution in [0.3, 0.4) is 0 Å². The Morgan fingerprint density at radius 2 is 1.33 bits per heavy atom. The summed E-state index contributed by atoms with van der Waals surface area (Å²) < 4.78 is 7.06. The molecule has 21 heavy (non-hydrogen) atoms. The summed E-state index contributed by atoms with van der Waals surface area (Å²) in [4.78, 5) is 21.5. The number of rotatable bonds is 15. The number of unbranched alkanes of at least 4 members (excludes halogenated alkanes) is 11. The quantitative estimate of drug-likeness (QED) is 0.444. The van der Waals surface area contributed by atoms with Crippen molar-refractivity contribution in [1.82, 2.24) is 5.32 Å². The second-order valence-electron chi connectivity index (χ2n) is 5.66. The summed E-state index contributed by atoms with van der Waals surface area (Å²) >= 11 is 0. The van der Waals surface area contributed by atoms with E-state index < -0.39 is 5.97 Å². The topological polar surface area (TPSA) is 66.4 Å². The van der Waals surface area contributed by atoms with Gasteiger partial charge in [0.05, 0.1) is 0 Å². The first kappa shape index (κ1) is 18.0. The number of hydrogen-bond acceptors (Lipinski definition) is 2. The van der Waals surface area contributed by atoms with E-state index in [9.17, 15) is 9.59 Å². The highest BCUT2D eigenvalue weighted by Gasteiger charge is 2.03. The molecule has 0 aliphatic heterocycles. The Bertz CT molecular complexity index is 285. The van der Waals surface area contributed by atoms with Crippen molar-refractivity contribution in [3.05, 3.63) is 0 Å². The second kappa shape index (κ2) is 15.3. The monoisotopic (exact) mass is 300 g/mol. The Hall–Kier alpha value is -1.06. The molecule has 0 fully saturated rings. The normalized spacial score (nSPS) is 11.1. The van der Waals surface area contributed by atoms with E-state index in [2.05, 4.69) is 5.32 Å². The van der Waals surface area contributed by atoms with Gasteiger partial charge < -0.3 is 10.4 Å². The van der Waals surface area contributed by atoms with Gasteiger partial charge in [-0.2, -0.15) is 0 Å². The summed E-state index contributed by atoms with van der Waals surface area (Å²) in [7, 11) is 0. The molecule has 0 rings (SSSR count). The molecule has 0 aromatic heterocycles. The zero-order chi connectivity index (χ0) is 16.5. The van der Waals surface area contributed by atoms with Gasteiger partial charge in [0.15, 0.2) is 0 Å². The van der Waals surface area contributed by atoms with Crippen LogP contribution in [-0.4, -0.2) is 23.5 Å². The van der Waals surface area contributed by atoms with Crippen LogP contribution < -0.4 is 5.32 Å². The van der Waals surface area contributed by atoms with Crippen LogP contribution in [0.2, 0.25) is 0 Å². The number of aliphatic carboxylic acids is 1. The molecule has 2 N–H and O–H groups in total. The van der Waals surface area contributed by atoms with Gasteiger partial charge in [0.2, 0.25) is 5.91 Å². The van der Waals surface area contributed by atoms with E-state index in [0.29, 0.717) is 13.3 Å². The van der Waals surface area contributed by atoms with Crippen molar-refractivity contribution in [3.8, 4) is 0 Å². The number of carboxylic acids is 1. The Kier molecular flexibility index (Phi) is 13.1. The minimum atomic E-state index is -0.996. The van der Waals surface area contributed by atoms with Crippen molar-refractivity contribution in [2.24, 2.45) is 0 Å². The summed E-state index contributed by atoms with van der Waals surface area (Å²) in [5, 5.41) is 10.8. The number of hydrogen-bond donors (Lipinski definition) is 2. The summed E-state index contributed by atoms with van der Waals surface area (Å²) in [5.41, 5.74) is 0. The van der Waals surface area contributed by atoms with Gasteiger partial charge in [-0.1, -0.05) is 77.5 Å². The highest BCUT2D eigenvalue weighted by molar-refractivity contribution is 5.80. The Labute approximate surface area is 131 Å². The fourth-order valence-electron chi connectivity index (χ4n) is 2.32. The smallest absolute Gasteiger partial charge is 0.322 e. The van der Waals surface area contributed by atoms with Crippen LogP contribution >= 0.6 is 0 Å². The first-order chi connectivity index (χ1) is 10.7. The molecule has 0 spiro atoms. The SMILES string of the molecule is [2H]CCCCCCCCCCCCCCC(=O)NCC(=O)O. The molecule has 0 saturated carbocycles. The highest BCUT2D eigenvalue weighted by atomic mass is 16.4. The number of nitrogens with one attached hydrogen (secondary N) is 1. The van der Waals surface area contributed by atoms with Crippen molar-refractivity contribution in [1.29, 1.82) is 0 Å². The molecular formula is C17H33NO3. The fourth-order valence-corrected chi connectivity index (χ4v) is 2.32. The maximum Gasteiger partial charge on any atom is 0.322 e. The van der Waals surface area contributed by atoms with Gasteiger partial charge in [0, 0.05) is 7.79 Å². The first-order valence-electron chi connectivity index (χ1n) is 9.15. The van der Waals surface area contributed by atoms with Gasteiger partial charge in [-0.3, -0.25) is 9.59 Å². The van der Waals surface area contributed by atoms with E-state index in [1.54, 1.807) is 0 Å². The third kappa shape index (κ3) is 16.9. The van der Waals surface area contributed by atoms with E-state index in [1.165, 1.54) is 51.4 Å². The predicted octanol–water partition coefficient (Wildman–Crippen LogP) is 4.28. The number of carboxylic acid groups (broad SMARTS) is 1. The minimum absolute atomic E-state index is 0.159. The molecule has 0 radical (unpaired) electrons. The molecule has 0 aliphatic rings. The summed E-state index contributed by atoms with van der Waals surface area (Å²) in [6.07, 6.45) is 14.8. The maximum atomic E-state index is 11.3. The lowest BCUT2D eigenvalue weighted by Gasteiger charge is -2.03. The molecule has 0 aromatic carbocycles. The van der Waals surface area contributed by atoms with E-state index in [-0.39, 0.29) is 12.5 Å². The van der Waals surface area contributed by atoms with Gasteiger partial charge >= 0.3 is 5.97 Å². The van der Waals surface area contributed by atoms with Crippen LogP contribution in [0.1, 0.15) is 91.7 Å². The zero-order valence-electron chi connectivity index (χ0n) is 14.4. The molecule has 0 unspecified atom stereocenters. The molecule has 1 amide bonds. The summed E-state index contributed by atoms with van der Waals surface area (Å²) in [5.74, 6) is -1.16. The average Bonchev–Trinajstić information content (AvgIpc) is 2.49. The molecule has 0 heterocycles. The van der Waals surface area contributed by atoms with Gasteiger partial charge in [-0.15, -0.1) is 0 Å². The van der Waals surface area contributed by atoms with Crippen LogP contribution in [0.25, 0.3) is 0 Å². The van der Waals surface area contributed by atoms with Gasteiger partial charge in [-0.05, 0) is 6.42 Å².